The van der Waals surface area contributed by atoms with Gasteiger partial charge in [-0.15, -0.1) is 0 Å². The van der Waals surface area contributed by atoms with E-state index in [2.05, 4.69) is 15.1 Å². The summed E-state index contributed by atoms with van der Waals surface area (Å²) in [6, 6.07) is 0.311. The topological polar surface area (TPSA) is 82.0 Å². The molecule has 7 heteroatoms. The van der Waals surface area contributed by atoms with Crippen molar-refractivity contribution < 1.29 is 9.47 Å². The zero-order valence-corrected chi connectivity index (χ0v) is 11.7. The lowest BCUT2D eigenvalue weighted by atomic mass is 10.0. The summed E-state index contributed by atoms with van der Waals surface area (Å²) in [7, 11) is 0. The van der Waals surface area contributed by atoms with Crippen LogP contribution in [0.3, 0.4) is 0 Å². The molecule has 0 atom stereocenters. The SMILES string of the molecule is O=c1nc(CC2COC2)nc2n(C3CCOCC3)[nH]cc1-2. The molecule has 7 nitrogen and oxygen atoms in total. The fourth-order valence-electron chi connectivity index (χ4n) is 2.96. The summed E-state index contributed by atoms with van der Waals surface area (Å²) in [6.07, 6.45) is 4.29. The molecule has 0 radical (unpaired) electrons. The Morgan fingerprint density at radius 2 is 2.05 bits per heavy atom. The summed E-state index contributed by atoms with van der Waals surface area (Å²) in [4.78, 5) is 20.9. The predicted molar refractivity (Wildman–Crippen MR) is 74.4 cm³/mol. The van der Waals surface area contributed by atoms with E-state index in [1.807, 2.05) is 4.68 Å². The van der Waals surface area contributed by atoms with E-state index in [9.17, 15) is 4.79 Å². The van der Waals surface area contributed by atoms with Gasteiger partial charge < -0.3 is 14.6 Å². The van der Waals surface area contributed by atoms with Gasteiger partial charge in [-0.3, -0.25) is 9.48 Å². The largest absolute Gasteiger partial charge is 0.381 e. The molecule has 4 heterocycles. The first-order valence-electron chi connectivity index (χ1n) is 7.43. The number of fused-ring (bicyclic) bond motifs is 1. The lowest BCUT2D eigenvalue weighted by Crippen LogP contribution is -2.31. The molecule has 0 aromatic rings. The Morgan fingerprint density at radius 1 is 1.24 bits per heavy atom. The van der Waals surface area contributed by atoms with Crippen molar-refractivity contribution in [3.8, 4) is 11.4 Å². The third-order valence-electron chi connectivity index (χ3n) is 4.25. The number of aromatic amines is 1. The summed E-state index contributed by atoms with van der Waals surface area (Å²) in [5.41, 5.74) is 0.368. The number of nitrogens with zero attached hydrogens (tertiary/aromatic N) is 3. The molecule has 0 aromatic carbocycles. The Balaban J connectivity index is 1.69. The molecule has 0 spiro atoms. The summed E-state index contributed by atoms with van der Waals surface area (Å²) < 4.78 is 12.6. The van der Waals surface area contributed by atoms with Crippen molar-refractivity contribution in [1.29, 1.82) is 0 Å². The first kappa shape index (κ1) is 13.0. The lowest BCUT2D eigenvalue weighted by Gasteiger charge is -2.26. The van der Waals surface area contributed by atoms with Gasteiger partial charge in [0, 0.05) is 31.7 Å². The monoisotopic (exact) mass is 290 g/mol. The molecule has 0 unspecified atom stereocenters. The van der Waals surface area contributed by atoms with Crippen LogP contribution in [0.5, 0.6) is 0 Å². The van der Waals surface area contributed by atoms with Crippen LogP contribution in [0.15, 0.2) is 11.0 Å². The van der Waals surface area contributed by atoms with Crippen molar-refractivity contribution in [2.75, 3.05) is 26.4 Å². The molecule has 0 saturated carbocycles. The molecular weight excluding hydrogens is 272 g/mol. The highest BCUT2D eigenvalue weighted by Crippen LogP contribution is 2.26. The van der Waals surface area contributed by atoms with E-state index in [4.69, 9.17) is 9.47 Å². The highest BCUT2D eigenvalue weighted by Gasteiger charge is 2.26. The molecule has 2 saturated heterocycles. The van der Waals surface area contributed by atoms with Crippen LogP contribution in [0.1, 0.15) is 24.7 Å². The Bertz CT molecular complexity index is 655. The molecule has 0 aliphatic carbocycles. The molecule has 1 N–H and O–H groups in total. The predicted octanol–water partition coefficient (Wildman–Crippen LogP) is 0.612. The Morgan fingerprint density at radius 3 is 2.76 bits per heavy atom. The third-order valence-corrected chi connectivity index (χ3v) is 4.25. The van der Waals surface area contributed by atoms with Crippen LogP contribution in [-0.2, 0) is 15.9 Å². The second kappa shape index (κ2) is 5.23. The van der Waals surface area contributed by atoms with Gasteiger partial charge in [0.25, 0.3) is 5.56 Å². The van der Waals surface area contributed by atoms with Gasteiger partial charge in [-0.05, 0) is 12.8 Å². The number of rotatable bonds is 3. The van der Waals surface area contributed by atoms with Gasteiger partial charge in [-0.1, -0.05) is 0 Å². The van der Waals surface area contributed by atoms with Crippen LogP contribution in [-0.4, -0.2) is 46.2 Å². The fraction of sp³-hybridized carbons (Fsp3) is 0.643. The van der Waals surface area contributed by atoms with Crippen molar-refractivity contribution in [2.45, 2.75) is 25.3 Å². The molecule has 0 amide bonds. The second-order valence-corrected chi connectivity index (χ2v) is 5.78. The molecule has 0 bridgehead atoms. The number of hydrogen-bond acceptors (Lipinski definition) is 5. The van der Waals surface area contributed by atoms with Gasteiger partial charge in [0.2, 0.25) is 0 Å². The number of hydrogen-bond donors (Lipinski definition) is 1. The minimum atomic E-state index is -0.197. The maximum atomic E-state index is 12.1. The van der Waals surface area contributed by atoms with Crippen LogP contribution in [0.25, 0.3) is 11.4 Å². The highest BCUT2D eigenvalue weighted by atomic mass is 16.5. The molecular formula is C14H18N4O3. The van der Waals surface area contributed by atoms with Crippen LogP contribution in [0.2, 0.25) is 0 Å². The molecule has 2 fully saturated rings. The summed E-state index contributed by atoms with van der Waals surface area (Å²) in [5.74, 6) is 1.79. The van der Waals surface area contributed by atoms with Gasteiger partial charge in [0.05, 0.1) is 19.3 Å². The molecule has 0 aromatic heterocycles. The fourth-order valence-corrected chi connectivity index (χ4v) is 2.96. The lowest BCUT2D eigenvalue weighted by molar-refractivity contribution is -0.0321. The Kier molecular flexibility index (Phi) is 3.23. The van der Waals surface area contributed by atoms with E-state index in [1.165, 1.54) is 0 Å². The molecule has 4 rings (SSSR count). The Hall–Kier alpha value is -1.73. The normalized spacial score (nSPS) is 20.8. The van der Waals surface area contributed by atoms with E-state index in [0.717, 1.165) is 45.1 Å². The van der Waals surface area contributed by atoms with Gasteiger partial charge >= 0.3 is 0 Å². The van der Waals surface area contributed by atoms with Crippen LogP contribution in [0.4, 0.5) is 0 Å². The smallest absolute Gasteiger partial charge is 0.284 e. The van der Waals surface area contributed by atoms with Gasteiger partial charge in [0.1, 0.15) is 11.4 Å². The van der Waals surface area contributed by atoms with Gasteiger partial charge in [-0.2, -0.15) is 4.98 Å². The molecule has 4 aliphatic rings. The van der Waals surface area contributed by atoms with Crippen molar-refractivity contribution in [2.24, 2.45) is 5.92 Å². The average Bonchev–Trinajstić information content (AvgIpc) is 2.88. The highest BCUT2D eigenvalue weighted by molar-refractivity contribution is 5.54. The Labute approximate surface area is 121 Å². The molecule has 112 valence electrons. The maximum absolute atomic E-state index is 12.1. The van der Waals surface area contributed by atoms with Gasteiger partial charge in [-0.25, -0.2) is 4.98 Å². The van der Waals surface area contributed by atoms with E-state index >= 15 is 0 Å². The standard InChI is InChI=1S/C14H18N4O3/c19-14-11-6-15-18(10-1-3-20-4-2-10)13(11)16-12(17-14)5-9-7-21-8-9/h6,9-10,15H,1-5,7-8H2. The quantitative estimate of drug-likeness (QED) is 0.895. The van der Waals surface area contributed by atoms with Crippen molar-refractivity contribution in [1.82, 2.24) is 19.7 Å². The summed E-state index contributed by atoms with van der Waals surface area (Å²) >= 11 is 0. The molecule has 4 aliphatic heterocycles. The summed E-state index contributed by atoms with van der Waals surface area (Å²) in [6.45, 7) is 2.98. The maximum Gasteiger partial charge on any atom is 0.284 e. The third kappa shape index (κ3) is 2.36. The number of ether oxygens (including phenoxy) is 2. The van der Waals surface area contributed by atoms with Crippen molar-refractivity contribution in [3.05, 3.63) is 22.4 Å². The van der Waals surface area contributed by atoms with Crippen molar-refractivity contribution in [3.63, 3.8) is 0 Å². The number of aromatic nitrogens is 4. The second-order valence-electron chi connectivity index (χ2n) is 5.78. The van der Waals surface area contributed by atoms with Crippen LogP contribution >= 0.6 is 0 Å². The minimum absolute atomic E-state index is 0.197. The minimum Gasteiger partial charge on any atom is -0.381 e. The first-order chi connectivity index (χ1) is 10.3. The average molecular weight is 290 g/mol. The van der Waals surface area contributed by atoms with E-state index in [-0.39, 0.29) is 5.56 Å². The van der Waals surface area contributed by atoms with E-state index in [0.29, 0.717) is 29.8 Å². The van der Waals surface area contributed by atoms with Crippen molar-refractivity contribution >= 4 is 0 Å². The van der Waals surface area contributed by atoms with Gasteiger partial charge in [0.15, 0.2) is 5.82 Å². The number of H-pyrrole nitrogens is 1. The summed E-state index contributed by atoms with van der Waals surface area (Å²) in [5, 5.41) is 3.17. The number of nitrogens with one attached hydrogen (secondary N) is 1. The molecule has 21 heavy (non-hydrogen) atoms. The van der Waals surface area contributed by atoms with E-state index in [1.54, 1.807) is 6.20 Å². The van der Waals surface area contributed by atoms with Crippen LogP contribution < -0.4 is 5.56 Å². The zero-order chi connectivity index (χ0) is 14.2. The van der Waals surface area contributed by atoms with E-state index < -0.39 is 0 Å². The zero-order valence-electron chi connectivity index (χ0n) is 11.7. The van der Waals surface area contributed by atoms with Crippen LogP contribution in [0, 0.1) is 5.92 Å². The first-order valence-corrected chi connectivity index (χ1v) is 7.43.